The number of nitrogens with zero attached hydrogens (tertiary/aromatic N) is 2. The predicted octanol–water partition coefficient (Wildman–Crippen LogP) is 1.01. The van der Waals surface area contributed by atoms with Crippen LogP contribution in [0.4, 0.5) is 0 Å². The minimum atomic E-state index is -0.380. The van der Waals surface area contributed by atoms with Crippen LogP contribution in [-0.4, -0.2) is 22.4 Å². The minimum absolute atomic E-state index is 0.0897. The molecule has 0 radical (unpaired) electrons. The first-order valence-corrected chi connectivity index (χ1v) is 5.59. The van der Waals surface area contributed by atoms with E-state index in [1.807, 2.05) is 6.20 Å². The maximum Gasteiger partial charge on any atom is 0.359 e. The Morgan fingerprint density at radius 3 is 3.00 bits per heavy atom. The molecule has 0 saturated heterocycles. The zero-order chi connectivity index (χ0) is 11.7. The van der Waals surface area contributed by atoms with Crippen LogP contribution < -0.4 is 5.73 Å². The molecule has 2 rings (SSSR count). The number of esters is 1. The molecule has 1 saturated carbocycles. The molecule has 1 aromatic rings. The summed E-state index contributed by atoms with van der Waals surface area (Å²) in [6, 6.07) is -0.0897. The summed E-state index contributed by atoms with van der Waals surface area (Å²) in [5.41, 5.74) is 7.26. The Balaban J connectivity index is 2.25. The van der Waals surface area contributed by atoms with E-state index in [9.17, 15) is 4.79 Å². The smallest absolute Gasteiger partial charge is 0.359 e. The van der Waals surface area contributed by atoms with Gasteiger partial charge < -0.3 is 10.5 Å². The summed E-state index contributed by atoms with van der Waals surface area (Å²) in [4.78, 5) is 11.7. The maximum absolute atomic E-state index is 11.7. The average molecular weight is 223 g/mol. The van der Waals surface area contributed by atoms with E-state index in [0.29, 0.717) is 18.2 Å². The number of nitrogens with two attached hydrogens (primary N) is 1. The van der Waals surface area contributed by atoms with Crippen LogP contribution in [0.1, 0.15) is 41.9 Å². The number of carbonyl (C=O) groups is 1. The largest absolute Gasteiger partial charge is 0.461 e. The number of hydrogen-bond donors (Lipinski definition) is 1. The van der Waals surface area contributed by atoms with Crippen LogP contribution in [0.5, 0.6) is 0 Å². The van der Waals surface area contributed by atoms with Crippen LogP contribution >= 0.6 is 0 Å². The topological polar surface area (TPSA) is 70.1 Å². The zero-order valence-electron chi connectivity index (χ0n) is 9.64. The van der Waals surface area contributed by atoms with Gasteiger partial charge in [-0.1, -0.05) is 0 Å². The van der Waals surface area contributed by atoms with Crippen molar-refractivity contribution in [3.63, 3.8) is 0 Å². The first-order chi connectivity index (χ1) is 7.63. The fraction of sp³-hybridized carbons (Fsp3) is 0.636. The molecule has 16 heavy (non-hydrogen) atoms. The molecule has 0 bridgehead atoms. The highest BCUT2D eigenvalue weighted by Crippen LogP contribution is 2.40. The summed E-state index contributed by atoms with van der Waals surface area (Å²) >= 11 is 0. The van der Waals surface area contributed by atoms with Crippen molar-refractivity contribution in [1.82, 2.24) is 9.78 Å². The second kappa shape index (κ2) is 4.25. The van der Waals surface area contributed by atoms with E-state index in [4.69, 9.17) is 10.5 Å². The third-order valence-corrected chi connectivity index (χ3v) is 2.81. The van der Waals surface area contributed by atoms with Gasteiger partial charge in [-0.15, -0.1) is 0 Å². The standard InChI is InChI=1S/C11H17N3O2/c1-3-16-11(15)10-8(6-14(2)13-10)9(12)7-4-5-7/h6-7,9H,3-5,12H2,1-2H3. The van der Waals surface area contributed by atoms with Crippen LogP contribution in [0, 0.1) is 5.92 Å². The molecule has 1 heterocycles. The second-order valence-corrected chi connectivity index (χ2v) is 4.19. The molecule has 1 unspecified atom stereocenters. The van der Waals surface area contributed by atoms with Crippen molar-refractivity contribution in [3.8, 4) is 0 Å². The fourth-order valence-corrected chi connectivity index (χ4v) is 1.82. The van der Waals surface area contributed by atoms with Crippen molar-refractivity contribution in [2.24, 2.45) is 18.7 Å². The van der Waals surface area contributed by atoms with E-state index >= 15 is 0 Å². The van der Waals surface area contributed by atoms with E-state index in [2.05, 4.69) is 5.10 Å². The van der Waals surface area contributed by atoms with E-state index in [1.165, 1.54) is 0 Å². The summed E-state index contributed by atoms with van der Waals surface area (Å²) in [6.07, 6.45) is 4.09. The van der Waals surface area contributed by atoms with Gasteiger partial charge in [0.2, 0.25) is 0 Å². The SMILES string of the molecule is CCOC(=O)c1nn(C)cc1C(N)C1CC1. The van der Waals surface area contributed by atoms with Gasteiger partial charge in [-0.05, 0) is 25.7 Å². The highest BCUT2D eigenvalue weighted by Gasteiger charge is 2.33. The number of aromatic nitrogens is 2. The first kappa shape index (κ1) is 11.1. The Bertz CT molecular complexity index is 396. The van der Waals surface area contributed by atoms with Gasteiger partial charge in [0, 0.05) is 24.8 Å². The van der Waals surface area contributed by atoms with E-state index < -0.39 is 0 Å². The van der Waals surface area contributed by atoms with Crippen molar-refractivity contribution >= 4 is 5.97 Å². The molecule has 5 heteroatoms. The molecule has 1 aromatic heterocycles. The molecule has 88 valence electrons. The third kappa shape index (κ3) is 2.09. The van der Waals surface area contributed by atoms with Crippen molar-refractivity contribution < 1.29 is 9.53 Å². The van der Waals surface area contributed by atoms with Gasteiger partial charge >= 0.3 is 5.97 Å². The third-order valence-electron chi connectivity index (χ3n) is 2.81. The lowest BCUT2D eigenvalue weighted by Gasteiger charge is -2.09. The van der Waals surface area contributed by atoms with Crippen LogP contribution in [-0.2, 0) is 11.8 Å². The normalized spacial score (nSPS) is 17.2. The molecule has 0 aliphatic heterocycles. The van der Waals surface area contributed by atoms with Crippen LogP contribution in [0.2, 0.25) is 0 Å². The number of hydrogen-bond acceptors (Lipinski definition) is 4. The lowest BCUT2D eigenvalue weighted by Crippen LogP contribution is -2.17. The Morgan fingerprint density at radius 2 is 2.44 bits per heavy atom. The number of carbonyl (C=O) groups excluding carboxylic acids is 1. The molecule has 2 N–H and O–H groups in total. The van der Waals surface area contributed by atoms with Gasteiger partial charge in [0.25, 0.3) is 0 Å². The highest BCUT2D eigenvalue weighted by atomic mass is 16.5. The molecule has 0 spiro atoms. The van der Waals surface area contributed by atoms with Gasteiger partial charge in [-0.2, -0.15) is 5.10 Å². The van der Waals surface area contributed by atoms with Gasteiger partial charge in [-0.3, -0.25) is 4.68 Å². The molecule has 1 fully saturated rings. The van der Waals surface area contributed by atoms with Crippen LogP contribution in [0.15, 0.2) is 6.20 Å². The Labute approximate surface area is 94.6 Å². The predicted molar refractivity (Wildman–Crippen MR) is 58.8 cm³/mol. The molecular formula is C11H17N3O2. The summed E-state index contributed by atoms with van der Waals surface area (Å²) in [7, 11) is 1.78. The number of rotatable bonds is 4. The van der Waals surface area contributed by atoms with Crippen molar-refractivity contribution in [1.29, 1.82) is 0 Å². The minimum Gasteiger partial charge on any atom is -0.461 e. The highest BCUT2D eigenvalue weighted by molar-refractivity contribution is 5.89. The Kier molecular flexibility index (Phi) is 2.96. The summed E-state index contributed by atoms with van der Waals surface area (Å²) in [5, 5.41) is 4.12. The van der Waals surface area contributed by atoms with Gasteiger partial charge in [-0.25, -0.2) is 4.79 Å². The van der Waals surface area contributed by atoms with Crippen molar-refractivity contribution in [3.05, 3.63) is 17.5 Å². The Hall–Kier alpha value is -1.36. The molecule has 1 aliphatic rings. The molecular weight excluding hydrogens is 206 g/mol. The molecule has 5 nitrogen and oxygen atoms in total. The van der Waals surface area contributed by atoms with Gasteiger partial charge in [0.1, 0.15) is 0 Å². The average Bonchev–Trinajstić information content (AvgIpc) is 3.01. The van der Waals surface area contributed by atoms with Crippen molar-refractivity contribution in [2.45, 2.75) is 25.8 Å². The van der Waals surface area contributed by atoms with E-state index in [1.54, 1.807) is 18.7 Å². The molecule has 0 amide bonds. The quantitative estimate of drug-likeness (QED) is 0.773. The van der Waals surface area contributed by atoms with Crippen LogP contribution in [0.25, 0.3) is 0 Å². The monoisotopic (exact) mass is 223 g/mol. The van der Waals surface area contributed by atoms with E-state index in [0.717, 1.165) is 18.4 Å². The number of aryl methyl sites for hydroxylation is 1. The number of ether oxygens (including phenoxy) is 1. The summed E-state index contributed by atoms with van der Waals surface area (Å²) in [5.74, 6) is 0.117. The summed E-state index contributed by atoms with van der Waals surface area (Å²) in [6.45, 7) is 2.13. The molecule has 1 aliphatic carbocycles. The second-order valence-electron chi connectivity index (χ2n) is 4.19. The van der Waals surface area contributed by atoms with Gasteiger partial charge in [0.15, 0.2) is 5.69 Å². The molecule has 0 aromatic carbocycles. The Morgan fingerprint density at radius 1 is 1.75 bits per heavy atom. The lowest BCUT2D eigenvalue weighted by atomic mass is 10.0. The van der Waals surface area contributed by atoms with Crippen molar-refractivity contribution in [2.75, 3.05) is 6.61 Å². The fourth-order valence-electron chi connectivity index (χ4n) is 1.82. The first-order valence-electron chi connectivity index (χ1n) is 5.59. The maximum atomic E-state index is 11.7. The lowest BCUT2D eigenvalue weighted by molar-refractivity contribution is 0.0516. The zero-order valence-corrected chi connectivity index (χ0v) is 9.64. The molecule has 1 atom stereocenters. The summed E-state index contributed by atoms with van der Waals surface area (Å²) < 4.78 is 6.58. The van der Waals surface area contributed by atoms with Crippen LogP contribution in [0.3, 0.4) is 0 Å². The van der Waals surface area contributed by atoms with E-state index in [-0.39, 0.29) is 12.0 Å². The van der Waals surface area contributed by atoms with Gasteiger partial charge in [0.05, 0.1) is 6.61 Å².